The number of likely N-dealkylation sites (tertiary alicyclic amines) is 1. The second-order valence-electron chi connectivity index (χ2n) is 6.63. The third-order valence-corrected chi connectivity index (χ3v) is 3.48. The SMILES string of the molecule is CC(C)(C)OC(=O)N1C[C@H](N)C[C@H](c2ccc(F)cc2)C1. The Hall–Kier alpha value is -1.62. The van der Waals surface area contributed by atoms with Gasteiger partial charge in [0.1, 0.15) is 11.4 Å². The van der Waals surface area contributed by atoms with Gasteiger partial charge in [0.05, 0.1) is 0 Å². The zero-order valence-electron chi connectivity index (χ0n) is 12.8. The highest BCUT2D eigenvalue weighted by molar-refractivity contribution is 5.68. The summed E-state index contributed by atoms with van der Waals surface area (Å²) in [6, 6.07) is 6.29. The van der Waals surface area contributed by atoms with Gasteiger partial charge in [-0.05, 0) is 44.9 Å². The number of benzene rings is 1. The highest BCUT2D eigenvalue weighted by Crippen LogP contribution is 2.27. The number of piperidine rings is 1. The van der Waals surface area contributed by atoms with Gasteiger partial charge in [0.25, 0.3) is 0 Å². The van der Waals surface area contributed by atoms with Crippen LogP contribution in [-0.4, -0.2) is 35.7 Å². The van der Waals surface area contributed by atoms with E-state index in [1.807, 2.05) is 20.8 Å². The van der Waals surface area contributed by atoms with Crippen LogP contribution in [0.2, 0.25) is 0 Å². The lowest BCUT2D eigenvalue weighted by molar-refractivity contribution is 0.0180. The van der Waals surface area contributed by atoms with Gasteiger partial charge in [0.2, 0.25) is 0 Å². The molecule has 2 atom stereocenters. The van der Waals surface area contributed by atoms with E-state index in [-0.39, 0.29) is 23.9 Å². The third kappa shape index (κ3) is 4.43. The Morgan fingerprint density at radius 3 is 2.48 bits per heavy atom. The summed E-state index contributed by atoms with van der Waals surface area (Å²) in [4.78, 5) is 13.8. The van der Waals surface area contributed by atoms with Gasteiger partial charge in [-0.2, -0.15) is 0 Å². The Balaban J connectivity index is 2.08. The maximum Gasteiger partial charge on any atom is 0.410 e. The van der Waals surface area contributed by atoms with Gasteiger partial charge in [0, 0.05) is 25.0 Å². The molecule has 4 nitrogen and oxygen atoms in total. The molecule has 2 N–H and O–H groups in total. The zero-order valence-corrected chi connectivity index (χ0v) is 12.8. The number of carbonyl (C=O) groups excluding carboxylic acids is 1. The van der Waals surface area contributed by atoms with Crippen LogP contribution >= 0.6 is 0 Å². The number of hydrogen-bond acceptors (Lipinski definition) is 3. The number of nitrogens with two attached hydrogens (primary N) is 1. The van der Waals surface area contributed by atoms with Crippen molar-refractivity contribution in [1.29, 1.82) is 0 Å². The van der Waals surface area contributed by atoms with Gasteiger partial charge < -0.3 is 15.4 Å². The molecular weight excluding hydrogens is 271 g/mol. The molecule has 0 unspecified atom stereocenters. The molecule has 1 heterocycles. The van der Waals surface area contributed by atoms with Crippen LogP contribution in [0, 0.1) is 5.82 Å². The first-order chi connectivity index (χ1) is 9.74. The van der Waals surface area contributed by atoms with Gasteiger partial charge in [-0.3, -0.25) is 0 Å². The summed E-state index contributed by atoms with van der Waals surface area (Å²) in [5, 5.41) is 0. The lowest BCUT2D eigenvalue weighted by atomic mass is 9.88. The normalized spacial score (nSPS) is 23.0. The predicted molar refractivity (Wildman–Crippen MR) is 79.5 cm³/mol. The molecule has 1 aromatic rings. The molecule has 1 fully saturated rings. The number of amides is 1. The van der Waals surface area contributed by atoms with Crippen LogP contribution in [0.3, 0.4) is 0 Å². The van der Waals surface area contributed by atoms with Gasteiger partial charge in [-0.1, -0.05) is 12.1 Å². The summed E-state index contributed by atoms with van der Waals surface area (Å²) in [7, 11) is 0. The minimum Gasteiger partial charge on any atom is -0.444 e. The van der Waals surface area contributed by atoms with Crippen molar-refractivity contribution >= 4 is 6.09 Å². The van der Waals surface area contributed by atoms with E-state index in [2.05, 4.69) is 0 Å². The van der Waals surface area contributed by atoms with Crippen molar-refractivity contribution in [3.8, 4) is 0 Å². The first kappa shape index (κ1) is 15.8. The zero-order chi connectivity index (χ0) is 15.6. The largest absolute Gasteiger partial charge is 0.444 e. The van der Waals surface area contributed by atoms with Gasteiger partial charge in [0.15, 0.2) is 0 Å². The first-order valence-electron chi connectivity index (χ1n) is 7.23. The highest BCUT2D eigenvalue weighted by atomic mass is 19.1. The molecule has 1 amide bonds. The van der Waals surface area contributed by atoms with E-state index < -0.39 is 5.60 Å². The van der Waals surface area contributed by atoms with Crippen LogP contribution < -0.4 is 5.73 Å². The minimum absolute atomic E-state index is 0.0960. The molecule has 0 saturated carbocycles. The van der Waals surface area contributed by atoms with E-state index in [1.165, 1.54) is 12.1 Å². The Morgan fingerprint density at radius 1 is 1.29 bits per heavy atom. The van der Waals surface area contributed by atoms with Crippen LogP contribution in [-0.2, 0) is 4.74 Å². The second kappa shape index (κ2) is 6.02. The molecule has 21 heavy (non-hydrogen) atoms. The van der Waals surface area contributed by atoms with Gasteiger partial charge >= 0.3 is 6.09 Å². The summed E-state index contributed by atoms with van der Waals surface area (Å²) in [5.41, 5.74) is 6.54. The molecule has 0 bridgehead atoms. The van der Waals surface area contributed by atoms with Crippen molar-refractivity contribution in [2.45, 2.75) is 44.8 Å². The average Bonchev–Trinajstić information content (AvgIpc) is 2.36. The van der Waals surface area contributed by atoms with Crippen LogP contribution in [0.1, 0.15) is 38.7 Å². The van der Waals surface area contributed by atoms with E-state index in [9.17, 15) is 9.18 Å². The smallest absolute Gasteiger partial charge is 0.410 e. The molecule has 0 radical (unpaired) electrons. The van der Waals surface area contributed by atoms with Crippen molar-refractivity contribution < 1.29 is 13.9 Å². The monoisotopic (exact) mass is 294 g/mol. The van der Waals surface area contributed by atoms with Gasteiger partial charge in [-0.15, -0.1) is 0 Å². The van der Waals surface area contributed by atoms with Crippen LogP contribution in [0.4, 0.5) is 9.18 Å². The summed E-state index contributed by atoms with van der Waals surface area (Å²) in [6.07, 6.45) is 0.440. The molecule has 1 aromatic carbocycles. The molecule has 5 heteroatoms. The second-order valence-corrected chi connectivity index (χ2v) is 6.63. The van der Waals surface area contributed by atoms with Gasteiger partial charge in [-0.25, -0.2) is 9.18 Å². The fraction of sp³-hybridized carbons (Fsp3) is 0.562. The summed E-state index contributed by atoms with van der Waals surface area (Å²) in [6.45, 7) is 6.56. The quantitative estimate of drug-likeness (QED) is 0.866. The van der Waals surface area contributed by atoms with E-state index in [1.54, 1.807) is 17.0 Å². The highest BCUT2D eigenvalue weighted by Gasteiger charge is 2.31. The molecule has 0 aromatic heterocycles. The lowest BCUT2D eigenvalue weighted by Gasteiger charge is -2.37. The van der Waals surface area contributed by atoms with Crippen LogP contribution in [0.5, 0.6) is 0 Å². The Labute approximate surface area is 125 Å². The Morgan fingerprint density at radius 2 is 1.90 bits per heavy atom. The van der Waals surface area contributed by atoms with Crippen LogP contribution in [0.25, 0.3) is 0 Å². The van der Waals surface area contributed by atoms with Crippen molar-refractivity contribution in [2.75, 3.05) is 13.1 Å². The number of halogens is 1. The number of hydrogen-bond donors (Lipinski definition) is 1. The molecule has 1 aliphatic rings. The van der Waals surface area contributed by atoms with E-state index >= 15 is 0 Å². The number of rotatable bonds is 1. The average molecular weight is 294 g/mol. The van der Waals surface area contributed by atoms with Crippen molar-refractivity contribution in [3.63, 3.8) is 0 Å². The molecule has 0 spiro atoms. The van der Waals surface area contributed by atoms with Crippen molar-refractivity contribution in [3.05, 3.63) is 35.6 Å². The standard InChI is InChI=1S/C16H23FN2O2/c1-16(2,3)21-15(20)19-9-12(8-14(18)10-19)11-4-6-13(17)7-5-11/h4-7,12,14H,8-10,18H2,1-3H3/t12-,14+/m0/s1. The first-order valence-corrected chi connectivity index (χ1v) is 7.23. The Kier molecular flexibility index (Phi) is 4.52. The Bertz CT molecular complexity index is 496. The molecule has 116 valence electrons. The van der Waals surface area contributed by atoms with Crippen molar-refractivity contribution in [2.24, 2.45) is 5.73 Å². The van der Waals surface area contributed by atoms with E-state index in [0.29, 0.717) is 13.1 Å². The molecule has 0 aliphatic carbocycles. The maximum atomic E-state index is 13.0. The van der Waals surface area contributed by atoms with E-state index in [0.717, 1.165) is 12.0 Å². The molecule has 2 rings (SSSR count). The summed E-state index contributed by atoms with van der Waals surface area (Å²) < 4.78 is 18.4. The van der Waals surface area contributed by atoms with Crippen LogP contribution in [0.15, 0.2) is 24.3 Å². The van der Waals surface area contributed by atoms with E-state index in [4.69, 9.17) is 10.5 Å². The number of nitrogens with zero attached hydrogens (tertiary/aromatic N) is 1. The predicted octanol–water partition coefficient (Wildman–Crippen LogP) is 2.88. The fourth-order valence-corrected chi connectivity index (χ4v) is 2.59. The summed E-state index contributed by atoms with van der Waals surface area (Å²) >= 11 is 0. The molecule has 1 saturated heterocycles. The molecular formula is C16H23FN2O2. The minimum atomic E-state index is -0.524. The summed E-state index contributed by atoms with van der Waals surface area (Å²) in [5.74, 6) is -0.148. The maximum absolute atomic E-state index is 13.0. The fourth-order valence-electron chi connectivity index (χ4n) is 2.59. The third-order valence-electron chi connectivity index (χ3n) is 3.48. The number of ether oxygens (including phenoxy) is 1. The lowest BCUT2D eigenvalue weighted by Crippen LogP contribution is -2.50. The number of carbonyl (C=O) groups is 1. The molecule has 1 aliphatic heterocycles. The van der Waals surface area contributed by atoms with Crippen molar-refractivity contribution in [1.82, 2.24) is 4.90 Å². The topological polar surface area (TPSA) is 55.6 Å².